The molecule has 1 atom stereocenters. The van der Waals surface area contributed by atoms with E-state index in [0.29, 0.717) is 0 Å². The van der Waals surface area contributed by atoms with E-state index in [1.165, 1.54) is 32.1 Å². The van der Waals surface area contributed by atoms with Crippen LogP contribution in [0.1, 0.15) is 76.3 Å². The van der Waals surface area contributed by atoms with Crippen molar-refractivity contribution in [3.8, 4) is 0 Å². The normalized spacial score (nSPS) is 12.9. The van der Waals surface area contributed by atoms with Gasteiger partial charge in [-0.15, -0.1) is 0 Å². The zero-order valence-corrected chi connectivity index (χ0v) is 16.0. The van der Waals surface area contributed by atoms with Gasteiger partial charge >= 0.3 is 0 Å². The van der Waals surface area contributed by atoms with Gasteiger partial charge < -0.3 is 5.11 Å². The Balaban J connectivity index is 2.28. The average molecular weight is 339 g/mol. The Kier molecular flexibility index (Phi) is 8.21. The second-order valence-electron chi connectivity index (χ2n) is 7.19. The number of hydrogen-bond donors (Lipinski definition) is 1. The van der Waals surface area contributed by atoms with Crippen LogP contribution in [0, 0.1) is 5.92 Å². The molecule has 1 heteroatoms. The monoisotopic (exact) mass is 338 g/mol. The fraction of sp³-hybridized carbons (Fsp3) is 0.500. The Morgan fingerprint density at radius 1 is 0.680 bits per heavy atom. The first kappa shape index (κ1) is 19.7. The van der Waals surface area contributed by atoms with Gasteiger partial charge in [-0.1, -0.05) is 113 Å². The van der Waals surface area contributed by atoms with Gasteiger partial charge in [0.1, 0.15) is 5.60 Å². The standard InChI is InChI=1S/C24H34O/c1-3-5-6-7-10-16-21(15-4-2)24(25,22-17-11-8-12-18-22)23-19-13-9-14-20-23/h8-9,11-14,17-21,25H,3-7,10,15-16H2,1-2H3. The molecule has 0 fully saturated rings. The van der Waals surface area contributed by atoms with Crippen LogP contribution in [0.3, 0.4) is 0 Å². The minimum atomic E-state index is -0.900. The summed E-state index contributed by atoms with van der Waals surface area (Å²) >= 11 is 0. The van der Waals surface area contributed by atoms with Crippen molar-refractivity contribution >= 4 is 0 Å². The molecule has 0 aliphatic rings. The van der Waals surface area contributed by atoms with E-state index in [0.717, 1.165) is 30.4 Å². The molecule has 1 unspecified atom stereocenters. The summed E-state index contributed by atoms with van der Waals surface area (Å²) in [6, 6.07) is 20.5. The minimum Gasteiger partial charge on any atom is -0.380 e. The predicted octanol–water partition coefficient (Wildman–Crippen LogP) is 6.70. The van der Waals surface area contributed by atoms with E-state index in [2.05, 4.69) is 38.1 Å². The maximum absolute atomic E-state index is 11.9. The largest absolute Gasteiger partial charge is 0.380 e. The molecule has 0 bridgehead atoms. The summed E-state index contributed by atoms with van der Waals surface area (Å²) in [4.78, 5) is 0. The zero-order valence-electron chi connectivity index (χ0n) is 16.0. The molecule has 1 nitrogen and oxygen atoms in total. The van der Waals surface area contributed by atoms with Crippen molar-refractivity contribution in [2.24, 2.45) is 5.92 Å². The summed E-state index contributed by atoms with van der Waals surface area (Å²) in [6.45, 7) is 4.48. The lowest BCUT2D eigenvalue weighted by molar-refractivity contribution is 0.00652. The van der Waals surface area contributed by atoms with Crippen molar-refractivity contribution < 1.29 is 5.11 Å². The van der Waals surface area contributed by atoms with Crippen molar-refractivity contribution in [3.05, 3.63) is 71.8 Å². The lowest BCUT2D eigenvalue weighted by Crippen LogP contribution is -2.36. The molecule has 0 heterocycles. The number of benzene rings is 2. The van der Waals surface area contributed by atoms with E-state index in [-0.39, 0.29) is 5.92 Å². The van der Waals surface area contributed by atoms with Gasteiger partial charge in [0, 0.05) is 0 Å². The van der Waals surface area contributed by atoms with Crippen LogP contribution < -0.4 is 0 Å². The first-order valence-electron chi connectivity index (χ1n) is 10.1. The van der Waals surface area contributed by atoms with Gasteiger partial charge in [-0.2, -0.15) is 0 Å². The highest BCUT2D eigenvalue weighted by molar-refractivity contribution is 5.36. The molecule has 0 radical (unpaired) electrons. The van der Waals surface area contributed by atoms with Crippen LogP contribution in [-0.4, -0.2) is 5.11 Å². The Hall–Kier alpha value is -1.60. The van der Waals surface area contributed by atoms with Gasteiger partial charge in [0.15, 0.2) is 0 Å². The molecule has 0 aliphatic heterocycles. The van der Waals surface area contributed by atoms with E-state index < -0.39 is 5.60 Å². The lowest BCUT2D eigenvalue weighted by Gasteiger charge is -2.38. The maximum atomic E-state index is 11.9. The van der Waals surface area contributed by atoms with Gasteiger partial charge in [0.25, 0.3) is 0 Å². The van der Waals surface area contributed by atoms with E-state index in [1.807, 2.05) is 36.4 Å². The highest BCUT2D eigenvalue weighted by Gasteiger charge is 2.38. The van der Waals surface area contributed by atoms with Gasteiger partial charge in [-0.05, 0) is 29.9 Å². The third-order valence-corrected chi connectivity index (χ3v) is 5.31. The van der Waals surface area contributed by atoms with Crippen LogP contribution in [0.2, 0.25) is 0 Å². The maximum Gasteiger partial charge on any atom is 0.117 e. The fourth-order valence-corrected chi connectivity index (χ4v) is 3.93. The SMILES string of the molecule is CCCCCCCC(CCC)C(O)(c1ccccc1)c1ccccc1. The summed E-state index contributed by atoms with van der Waals surface area (Å²) < 4.78 is 0. The summed E-state index contributed by atoms with van der Waals surface area (Å²) in [5, 5.41) is 11.9. The summed E-state index contributed by atoms with van der Waals surface area (Å²) in [7, 11) is 0. The van der Waals surface area contributed by atoms with Gasteiger partial charge in [-0.25, -0.2) is 0 Å². The highest BCUT2D eigenvalue weighted by atomic mass is 16.3. The van der Waals surface area contributed by atoms with Crippen LogP contribution in [0.4, 0.5) is 0 Å². The Morgan fingerprint density at radius 3 is 1.68 bits per heavy atom. The van der Waals surface area contributed by atoms with Crippen LogP contribution >= 0.6 is 0 Å². The zero-order chi connectivity index (χ0) is 18.0. The van der Waals surface area contributed by atoms with E-state index in [1.54, 1.807) is 0 Å². The second kappa shape index (κ2) is 10.4. The minimum absolute atomic E-state index is 0.254. The molecule has 0 saturated heterocycles. The second-order valence-corrected chi connectivity index (χ2v) is 7.19. The summed E-state index contributed by atoms with van der Waals surface area (Å²) in [5.41, 5.74) is 1.14. The van der Waals surface area contributed by atoms with Crippen LogP contribution in [-0.2, 0) is 5.60 Å². The average Bonchev–Trinajstić information content (AvgIpc) is 2.68. The quantitative estimate of drug-likeness (QED) is 0.452. The first-order chi connectivity index (χ1) is 12.2. The molecule has 2 aromatic rings. The third-order valence-electron chi connectivity index (χ3n) is 5.31. The van der Waals surface area contributed by atoms with E-state index in [4.69, 9.17) is 0 Å². The molecular formula is C24H34O. The topological polar surface area (TPSA) is 20.2 Å². The molecule has 0 aliphatic carbocycles. The summed E-state index contributed by atoms with van der Waals surface area (Å²) in [5.74, 6) is 0.254. The molecule has 0 spiro atoms. The van der Waals surface area contributed by atoms with Gasteiger partial charge in [-0.3, -0.25) is 0 Å². The van der Waals surface area contributed by atoms with Crippen LogP contribution in [0.5, 0.6) is 0 Å². The highest BCUT2D eigenvalue weighted by Crippen LogP contribution is 2.41. The molecule has 2 aromatic carbocycles. The molecule has 2 rings (SSSR count). The van der Waals surface area contributed by atoms with Crippen LogP contribution in [0.15, 0.2) is 60.7 Å². The molecule has 1 N–H and O–H groups in total. The lowest BCUT2D eigenvalue weighted by atomic mass is 9.72. The van der Waals surface area contributed by atoms with Crippen molar-refractivity contribution in [2.75, 3.05) is 0 Å². The van der Waals surface area contributed by atoms with Crippen molar-refractivity contribution in [1.82, 2.24) is 0 Å². The van der Waals surface area contributed by atoms with E-state index in [9.17, 15) is 5.11 Å². The van der Waals surface area contributed by atoms with Crippen molar-refractivity contribution in [1.29, 1.82) is 0 Å². The Morgan fingerprint density at radius 2 is 1.20 bits per heavy atom. The number of aliphatic hydroxyl groups is 1. The molecule has 0 aromatic heterocycles. The number of hydrogen-bond acceptors (Lipinski definition) is 1. The van der Waals surface area contributed by atoms with Gasteiger partial charge in [0.05, 0.1) is 0 Å². The van der Waals surface area contributed by atoms with Gasteiger partial charge in [0.2, 0.25) is 0 Å². The first-order valence-corrected chi connectivity index (χ1v) is 10.1. The third kappa shape index (κ3) is 5.19. The predicted molar refractivity (Wildman–Crippen MR) is 108 cm³/mol. The Bertz CT molecular complexity index is 536. The molecule has 0 saturated carbocycles. The smallest absolute Gasteiger partial charge is 0.117 e. The molecular weight excluding hydrogens is 304 g/mol. The number of rotatable bonds is 11. The molecule has 25 heavy (non-hydrogen) atoms. The van der Waals surface area contributed by atoms with Crippen molar-refractivity contribution in [3.63, 3.8) is 0 Å². The number of unbranched alkanes of at least 4 members (excludes halogenated alkanes) is 4. The molecule has 136 valence electrons. The summed E-state index contributed by atoms with van der Waals surface area (Å²) in [6.07, 6.45) is 9.61. The fourth-order valence-electron chi connectivity index (χ4n) is 3.93. The molecule has 0 amide bonds. The Labute approximate surface area is 154 Å². The van der Waals surface area contributed by atoms with E-state index >= 15 is 0 Å². The van der Waals surface area contributed by atoms with Crippen molar-refractivity contribution in [2.45, 2.75) is 70.8 Å². The van der Waals surface area contributed by atoms with Crippen LogP contribution in [0.25, 0.3) is 0 Å².